The van der Waals surface area contributed by atoms with Crippen LogP contribution in [-0.2, 0) is 32.2 Å². The predicted molar refractivity (Wildman–Crippen MR) is 133 cm³/mol. The molecule has 4 rings (SSSR count). The molecular weight excluding hydrogens is 428 g/mol. The Morgan fingerprint density at radius 2 is 1.03 bits per heavy atom. The number of nitrogens with zero attached hydrogens (tertiary/aromatic N) is 2. The van der Waals surface area contributed by atoms with Crippen LogP contribution < -0.4 is 0 Å². The largest absolute Gasteiger partial charge is 0.469 e. The smallest absolute Gasteiger partial charge is 0.310 e. The van der Waals surface area contributed by atoms with E-state index in [2.05, 4.69) is 47.9 Å². The zero-order chi connectivity index (χ0) is 24.5. The summed E-state index contributed by atoms with van der Waals surface area (Å²) in [6, 6.07) is 20.7. The van der Waals surface area contributed by atoms with Gasteiger partial charge in [0, 0.05) is 39.3 Å². The van der Waals surface area contributed by atoms with Gasteiger partial charge in [-0.1, -0.05) is 74.5 Å². The highest BCUT2D eigenvalue weighted by Gasteiger charge is 2.36. The fourth-order valence-corrected chi connectivity index (χ4v) is 4.99. The summed E-state index contributed by atoms with van der Waals surface area (Å²) < 4.78 is 9.67. The van der Waals surface area contributed by atoms with Gasteiger partial charge in [-0.25, -0.2) is 0 Å². The van der Waals surface area contributed by atoms with Crippen molar-refractivity contribution in [3.05, 3.63) is 71.8 Å². The maximum absolute atomic E-state index is 11.6. The molecule has 6 nitrogen and oxygen atoms in total. The second kappa shape index (κ2) is 12.7. The van der Waals surface area contributed by atoms with Gasteiger partial charge in [-0.15, -0.1) is 0 Å². The zero-order valence-electron chi connectivity index (χ0n) is 20.9. The minimum atomic E-state index is -0.0759. The van der Waals surface area contributed by atoms with Crippen LogP contribution in [0.5, 0.6) is 0 Å². The van der Waals surface area contributed by atoms with Crippen LogP contribution in [0.4, 0.5) is 0 Å². The van der Waals surface area contributed by atoms with Crippen LogP contribution in [0.15, 0.2) is 60.7 Å². The number of likely N-dealkylation sites (tertiary alicyclic amines) is 2. The van der Waals surface area contributed by atoms with E-state index in [4.69, 9.17) is 9.47 Å². The summed E-state index contributed by atoms with van der Waals surface area (Å²) in [5.41, 5.74) is 2.59. The molecule has 2 fully saturated rings. The fourth-order valence-electron chi connectivity index (χ4n) is 4.99. The van der Waals surface area contributed by atoms with E-state index in [1.54, 1.807) is 0 Å². The molecule has 0 aliphatic carbocycles. The van der Waals surface area contributed by atoms with E-state index in [-0.39, 0.29) is 23.8 Å². The van der Waals surface area contributed by atoms with Crippen LogP contribution in [0.1, 0.15) is 25.0 Å². The Kier molecular flexibility index (Phi) is 9.66. The molecule has 2 heterocycles. The van der Waals surface area contributed by atoms with Gasteiger partial charge in [0.25, 0.3) is 0 Å². The zero-order valence-corrected chi connectivity index (χ0v) is 20.9. The lowest BCUT2D eigenvalue weighted by atomic mass is 9.99. The third-order valence-electron chi connectivity index (χ3n) is 6.88. The molecule has 4 atom stereocenters. The number of ether oxygens (including phenoxy) is 2. The Labute approximate surface area is 203 Å². The molecule has 6 heteroatoms. The van der Waals surface area contributed by atoms with Crippen molar-refractivity contribution in [3.8, 4) is 0 Å². The summed E-state index contributed by atoms with van der Waals surface area (Å²) in [4.78, 5) is 27.8. The number of carbonyl (C=O) groups excluding carboxylic acids is 2. The topological polar surface area (TPSA) is 59.1 Å². The first-order valence-electron chi connectivity index (χ1n) is 12.1. The molecule has 4 unspecified atom stereocenters. The second-order valence-corrected chi connectivity index (χ2v) is 9.57. The van der Waals surface area contributed by atoms with Crippen LogP contribution in [0, 0.1) is 23.7 Å². The third kappa shape index (κ3) is 7.15. The van der Waals surface area contributed by atoms with E-state index in [0.717, 1.165) is 39.3 Å². The number of hydrogen-bond donors (Lipinski definition) is 0. The van der Waals surface area contributed by atoms with E-state index in [1.807, 2.05) is 36.4 Å². The Morgan fingerprint density at radius 1 is 0.676 bits per heavy atom. The van der Waals surface area contributed by atoms with Crippen LogP contribution in [0.2, 0.25) is 0 Å². The van der Waals surface area contributed by atoms with E-state index in [0.29, 0.717) is 11.8 Å². The Morgan fingerprint density at radius 3 is 1.35 bits per heavy atom. The summed E-state index contributed by atoms with van der Waals surface area (Å²) in [6.45, 7) is 9.62. The first-order chi connectivity index (χ1) is 16.4. The summed E-state index contributed by atoms with van der Waals surface area (Å²) in [5.74, 6) is 0.672. The van der Waals surface area contributed by atoms with Crippen molar-refractivity contribution in [1.29, 1.82) is 0 Å². The van der Waals surface area contributed by atoms with E-state index < -0.39 is 0 Å². The summed E-state index contributed by atoms with van der Waals surface area (Å²) in [5, 5.41) is 0. The van der Waals surface area contributed by atoms with Crippen LogP contribution in [0.3, 0.4) is 0 Å². The summed E-state index contributed by atoms with van der Waals surface area (Å²) in [6.07, 6.45) is 0. The molecule has 0 amide bonds. The monoisotopic (exact) mass is 466 g/mol. The second-order valence-electron chi connectivity index (χ2n) is 9.57. The van der Waals surface area contributed by atoms with Gasteiger partial charge in [0.05, 0.1) is 26.1 Å². The highest BCUT2D eigenvalue weighted by atomic mass is 16.5. The van der Waals surface area contributed by atoms with Crippen molar-refractivity contribution in [3.63, 3.8) is 0 Å². The molecular formula is C28H38N2O4. The van der Waals surface area contributed by atoms with Gasteiger partial charge in [0.1, 0.15) is 0 Å². The van der Waals surface area contributed by atoms with Crippen molar-refractivity contribution in [1.82, 2.24) is 9.80 Å². The Bertz CT molecular complexity index is 830. The highest BCUT2D eigenvalue weighted by molar-refractivity contribution is 5.73. The van der Waals surface area contributed by atoms with Gasteiger partial charge in [-0.05, 0) is 23.0 Å². The first-order valence-corrected chi connectivity index (χ1v) is 12.1. The number of carbonyl (C=O) groups is 2. The molecule has 0 aromatic heterocycles. The third-order valence-corrected chi connectivity index (χ3v) is 6.88. The SMILES string of the molecule is COC(=O)C1CN(Cc2ccccc2)CC1C.COC(=O)C1CN(Cc2ccccc2)CC1C. The molecule has 0 spiro atoms. The molecule has 2 aliphatic rings. The fraction of sp³-hybridized carbons (Fsp3) is 0.500. The Hall–Kier alpha value is -2.70. The van der Waals surface area contributed by atoms with Crippen LogP contribution >= 0.6 is 0 Å². The lowest BCUT2D eigenvalue weighted by molar-refractivity contribution is -0.146. The van der Waals surface area contributed by atoms with E-state index in [9.17, 15) is 9.59 Å². The average Bonchev–Trinajstić information content (AvgIpc) is 3.41. The standard InChI is InChI=1S/2C14H19NO2/c2*1-11-8-15(10-13(11)14(16)17-2)9-12-6-4-3-5-7-12/h2*3-7,11,13H,8-10H2,1-2H3. The molecule has 2 aromatic carbocycles. The minimum Gasteiger partial charge on any atom is -0.469 e. The summed E-state index contributed by atoms with van der Waals surface area (Å²) >= 11 is 0. The van der Waals surface area contributed by atoms with Crippen LogP contribution in [-0.4, -0.2) is 62.1 Å². The molecule has 2 saturated heterocycles. The molecule has 0 bridgehead atoms. The number of methoxy groups -OCH3 is 2. The predicted octanol–water partition coefficient (Wildman–Crippen LogP) is 3.86. The number of rotatable bonds is 6. The number of hydrogen-bond acceptors (Lipinski definition) is 6. The van der Waals surface area contributed by atoms with Gasteiger partial charge in [0.2, 0.25) is 0 Å². The molecule has 34 heavy (non-hydrogen) atoms. The molecule has 184 valence electrons. The Balaban J connectivity index is 0.000000191. The molecule has 2 aliphatic heterocycles. The quantitative estimate of drug-likeness (QED) is 0.603. The van der Waals surface area contributed by atoms with Crippen molar-refractivity contribution in [2.24, 2.45) is 23.7 Å². The highest BCUT2D eigenvalue weighted by Crippen LogP contribution is 2.26. The van der Waals surface area contributed by atoms with Crippen molar-refractivity contribution in [2.75, 3.05) is 40.4 Å². The van der Waals surface area contributed by atoms with Crippen LogP contribution in [0.25, 0.3) is 0 Å². The number of benzene rings is 2. The van der Waals surface area contributed by atoms with Gasteiger partial charge in [0.15, 0.2) is 0 Å². The van der Waals surface area contributed by atoms with Gasteiger partial charge < -0.3 is 9.47 Å². The van der Waals surface area contributed by atoms with Crippen molar-refractivity contribution < 1.29 is 19.1 Å². The minimum absolute atomic E-state index is 0.0312. The summed E-state index contributed by atoms with van der Waals surface area (Å²) in [7, 11) is 2.93. The lowest BCUT2D eigenvalue weighted by Gasteiger charge is -2.15. The van der Waals surface area contributed by atoms with Crippen molar-refractivity contribution in [2.45, 2.75) is 26.9 Å². The maximum atomic E-state index is 11.6. The van der Waals surface area contributed by atoms with Gasteiger partial charge in [-0.2, -0.15) is 0 Å². The van der Waals surface area contributed by atoms with E-state index >= 15 is 0 Å². The molecule has 0 N–H and O–H groups in total. The lowest BCUT2D eigenvalue weighted by Crippen LogP contribution is -2.24. The number of esters is 2. The maximum Gasteiger partial charge on any atom is 0.310 e. The molecule has 0 saturated carbocycles. The van der Waals surface area contributed by atoms with Gasteiger partial charge in [-0.3, -0.25) is 19.4 Å². The average molecular weight is 467 g/mol. The van der Waals surface area contributed by atoms with Crippen molar-refractivity contribution >= 4 is 11.9 Å². The first kappa shape index (κ1) is 25.9. The molecule has 0 radical (unpaired) electrons. The molecule has 2 aromatic rings. The van der Waals surface area contributed by atoms with E-state index in [1.165, 1.54) is 25.3 Å². The normalized spacial score (nSPS) is 24.8. The van der Waals surface area contributed by atoms with Gasteiger partial charge >= 0.3 is 11.9 Å².